The molecular weight excluding hydrogens is 107 g/mol. The zero-order chi connectivity index (χ0) is 5.98. The van der Waals surface area contributed by atoms with E-state index >= 15 is 0 Å². The van der Waals surface area contributed by atoms with Crippen LogP contribution < -0.4 is 5.84 Å². The van der Waals surface area contributed by atoms with Crippen LogP contribution in [0.25, 0.3) is 0 Å². The summed E-state index contributed by atoms with van der Waals surface area (Å²) in [5.74, 6) is 5.28. The normalized spacial score (nSPS) is 23.0. The summed E-state index contributed by atoms with van der Waals surface area (Å²) >= 11 is 0. The second kappa shape index (κ2) is 2.24. The summed E-state index contributed by atoms with van der Waals surface area (Å²) in [6.45, 7) is 1.19. The molecule has 0 radical (unpaired) electrons. The Morgan fingerprint density at radius 2 is 2.50 bits per heavy atom. The average Bonchev–Trinajstić information content (AvgIpc) is 1.77. The van der Waals surface area contributed by atoms with E-state index in [0.29, 0.717) is 19.5 Å². The molecule has 0 amide bonds. The van der Waals surface area contributed by atoms with Gasteiger partial charge in [-0.15, -0.1) is 0 Å². The molecule has 0 saturated heterocycles. The predicted octanol–water partition coefficient (Wildman–Crippen LogP) is 0.419. The lowest BCUT2D eigenvalue weighted by molar-refractivity contribution is 0.289. The van der Waals surface area contributed by atoms with E-state index in [0.717, 1.165) is 0 Å². The van der Waals surface area contributed by atoms with Crippen molar-refractivity contribution in [3.8, 4) is 0 Å². The zero-order valence-corrected chi connectivity index (χ0v) is 4.60. The zero-order valence-electron chi connectivity index (χ0n) is 4.60. The maximum absolute atomic E-state index is 12.1. The van der Waals surface area contributed by atoms with Crippen molar-refractivity contribution in [3.63, 3.8) is 0 Å². The van der Waals surface area contributed by atoms with Gasteiger partial charge in [0.05, 0.1) is 5.83 Å². The van der Waals surface area contributed by atoms with Crippen molar-refractivity contribution >= 4 is 0 Å². The number of hydrogen-bond acceptors (Lipinski definition) is 2. The topological polar surface area (TPSA) is 29.3 Å². The molecule has 46 valence electrons. The molecule has 2 N–H and O–H groups in total. The van der Waals surface area contributed by atoms with E-state index in [4.69, 9.17) is 5.84 Å². The SMILES string of the molecule is NN1CC=C(F)CC1. The van der Waals surface area contributed by atoms with Gasteiger partial charge in [-0.3, -0.25) is 5.84 Å². The Bertz CT molecular complexity index is 111. The lowest BCUT2D eigenvalue weighted by Crippen LogP contribution is -2.34. The Morgan fingerprint density at radius 1 is 1.75 bits per heavy atom. The van der Waals surface area contributed by atoms with Gasteiger partial charge in [0.25, 0.3) is 0 Å². The Morgan fingerprint density at radius 3 is 2.88 bits per heavy atom. The average molecular weight is 116 g/mol. The molecule has 2 nitrogen and oxygen atoms in total. The van der Waals surface area contributed by atoms with E-state index in [1.165, 1.54) is 6.08 Å². The molecule has 1 heterocycles. The predicted molar refractivity (Wildman–Crippen MR) is 29.6 cm³/mol. The number of nitrogens with zero attached hydrogens (tertiary/aromatic N) is 1. The summed E-state index contributed by atoms with van der Waals surface area (Å²) in [6, 6.07) is 0. The summed E-state index contributed by atoms with van der Waals surface area (Å²) in [7, 11) is 0. The molecule has 0 saturated carbocycles. The van der Waals surface area contributed by atoms with Gasteiger partial charge in [-0.2, -0.15) is 0 Å². The summed E-state index contributed by atoms with van der Waals surface area (Å²) in [4.78, 5) is 0. The fraction of sp³-hybridized carbons (Fsp3) is 0.600. The van der Waals surface area contributed by atoms with Crippen LogP contribution in [0.3, 0.4) is 0 Å². The highest BCUT2D eigenvalue weighted by Crippen LogP contribution is 2.07. The minimum atomic E-state index is -0.0355. The summed E-state index contributed by atoms with van der Waals surface area (Å²) in [6.07, 6.45) is 1.97. The molecule has 1 rings (SSSR count). The van der Waals surface area contributed by atoms with Crippen LogP contribution in [0.15, 0.2) is 11.9 Å². The lowest BCUT2D eigenvalue weighted by Gasteiger charge is -2.17. The van der Waals surface area contributed by atoms with E-state index in [1.54, 1.807) is 5.01 Å². The van der Waals surface area contributed by atoms with Crippen molar-refractivity contribution in [1.29, 1.82) is 0 Å². The minimum absolute atomic E-state index is 0.0355. The molecule has 0 unspecified atom stereocenters. The highest BCUT2D eigenvalue weighted by molar-refractivity contribution is 4.97. The first-order valence-corrected chi connectivity index (χ1v) is 2.63. The Hall–Kier alpha value is -0.410. The van der Waals surface area contributed by atoms with Gasteiger partial charge in [0.2, 0.25) is 0 Å². The largest absolute Gasteiger partial charge is 0.268 e. The second-order valence-electron chi connectivity index (χ2n) is 1.90. The molecule has 8 heavy (non-hydrogen) atoms. The number of hydrazine groups is 1. The van der Waals surface area contributed by atoms with E-state index < -0.39 is 0 Å². The van der Waals surface area contributed by atoms with Gasteiger partial charge in [0.15, 0.2) is 0 Å². The van der Waals surface area contributed by atoms with Crippen LogP contribution in [0.5, 0.6) is 0 Å². The number of rotatable bonds is 0. The van der Waals surface area contributed by atoms with Crippen molar-refractivity contribution in [2.75, 3.05) is 13.1 Å². The van der Waals surface area contributed by atoms with Gasteiger partial charge in [-0.05, 0) is 6.08 Å². The van der Waals surface area contributed by atoms with Gasteiger partial charge in [0, 0.05) is 19.5 Å². The van der Waals surface area contributed by atoms with Crippen molar-refractivity contribution in [1.82, 2.24) is 5.01 Å². The van der Waals surface area contributed by atoms with E-state index in [9.17, 15) is 4.39 Å². The van der Waals surface area contributed by atoms with Gasteiger partial charge in [-0.1, -0.05) is 0 Å². The molecule has 0 aliphatic carbocycles. The molecule has 0 aromatic heterocycles. The standard InChI is InChI=1S/C5H9FN2/c6-5-1-3-8(7)4-2-5/h1H,2-4,7H2. The van der Waals surface area contributed by atoms with Crippen LogP contribution in [0.1, 0.15) is 6.42 Å². The second-order valence-corrected chi connectivity index (χ2v) is 1.90. The minimum Gasteiger partial charge on any atom is -0.268 e. The molecular formula is C5H9FN2. The van der Waals surface area contributed by atoms with Crippen molar-refractivity contribution in [2.45, 2.75) is 6.42 Å². The highest BCUT2D eigenvalue weighted by atomic mass is 19.1. The summed E-state index contributed by atoms with van der Waals surface area (Å²) in [5, 5.41) is 1.59. The van der Waals surface area contributed by atoms with Gasteiger partial charge in [0.1, 0.15) is 0 Å². The molecule has 0 fully saturated rings. The molecule has 0 aromatic carbocycles. The number of hydrogen-bond donors (Lipinski definition) is 1. The van der Waals surface area contributed by atoms with Crippen molar-refractivity contribution in [2.24, 2.45) is 5.84 Å². The molecule has 1 aliphatic heterocycles. The maximum Gasteiger partial charge on any atom is 0.0986 e. The molecule has 0 aromatic rings. The molecule has 0 spiro atoms. The van der Waals surface area contributed by atoms with Crippen molar-refractivity contribution < 1.29 is 4.39 Å². The third-order valence-electron chi connectivity index (χ3n) is 1.19. The summed E-state index contributed by atoms with van der Waals surface area (Å²) in [5.41, 5.74) is 0. The van der Waals surface area contributed by atoms with Gasteiger partial charge in [-0.25, -0.2) is 9.40 Å². The third-order valence-corrected chi connectivity index (χ3v) is 1.19. The lowest BCUT2D eigenvalue weighted by atomic mass is 10.3. The Labute approximate surface area is 47.7 Å². The van der Waals surface area contributed by atoms with Crippen LogP contribution in [-0.2, 0) is 0 Å². The first-order chi connectivity index (χ1) is 3.79. The van der Waals surface area contributed by atoms with E-state index in [2.05, 4.69) is 0 Å². The fourth-order valence-electron chi connectivity index (χ4n) is 0.660. The smallest absolute Gasteiger partial charge is 0.0986 e. The van der Waals surface area contributed by atoms with E-state index in [-0.39, 0.29) is 5.83 Å². The molecule has 3 heteroatoms. The fourth-order valence-corrected chi connectivity index (χ4v) is 0.660. The first kappa shape index (κ1) is 5.72. The Kier molecular flexibility index (Phi) is 1.60. The third kappa shape index (κ3) is 1.28. The quantitative estimate of drug-likeness (QED) is 0.465. The highest BCUT2D eigenvalue weighted by Gasteiger charge is 2.05. The molecule has 1 aliphatic rings. The summed E-state index contributed by atoms with van der Waals surface area (Å²) < 4.78 is 12.1. The van der Waals surface area contributed by atoms with Crippen LogP contribution >= 0.6 is 0 Å². The first-order valence-electron chi connectivity index (χ1n) is 2.63. The van der Waals surface area contributed by atoms with Crippen LogP contribution in [0.4, 0.5) is 4.39 Å². The van der Waals surface area contributed by atoms with Crippen molar-refractivity contribution in [3.05, 3.63) is 11.9 Å². The monoisotopic (exact) mass is 116 g/mol. The van der Waals surface area contributed by atoms with Gasteiger partial charge < -0.3 is 0 Å². The molecule has 0 bridgehead atoms. The van der Waals surface area contributed by atoms with E-state index in [1.807, 2.05) is 0 Å². The Balaban J connectivity index is 2.42. The van der Waals surface area contributed by atoms with Gasteiger partial charge >= 0.3 is 0 Å². The maximum atomic E-state index is 12.1. The number of halogens is 1. The number of nitrogens with two attached hydrogens (primary N) is 1. The molecule has 0 atom stereocenters. The van der Waals surface area contributed by atoms with Crippen LogP contribution in [0, 0.1) is 0 Å². The van der Waals surface area contributed by atoms with Crippen LogP contribution in [0.2, 0.25) is 0 Å². The van der Waals surface area contributed by atoms with Crippen LogP contribution in [-0.4, -0.2) is 18.1 Å².